The molecule has 0 saturated carbocycles. The molecule has 0 spiro atoms. The van der Waals surface area contributed by atoms with E-state index >= 15 is 0 Å². The molecule has 0 amide bonds. The fraction of sp³-hybridized carbons (Fsp3) is 0.298. The molecule has 1 N–H and O–H groups in total. The standard InChI is InChI=1S/C47H50N2O6/c1-35-23-25-40(26-24-35)41(29-43-48-27-14-28-49-43)54-47-46(53-33-39-21-12-5-13-22-39)45(52-32-38-19-10-4-11-20-38)44(51-31-37-17-8-3-9-18-37)42(55-47)34-50-30-36-15-6-2-7-16-36/h2-13,15-26,29,42,44-47H,14,27-28,30-34H2,1H3,(H,48,49)/b41-29+/t42-,44-,45+,46-,47+/m1/s1. The first-order chi connectivity index (χ1) is 27.2. The number of hydrogen-bond donors (Lipinski definition) is 1. The van der Waals surface area contributed by atoms with Gasteiger partial charge < -0.3 is 33.7 Å². The van der Waals surface area contributed by atoms with E-state index in [-0.39, 0.29) is 6.61 Å². The van der Waals surface area contributed by atoms with Crippen molar-refractivity contribution in [1.82, 2.24) is 5.32 Å². The van der Waals surface area contributed by atoms with Gasteiger partial charge in [0.05, 0.1) is 33.0 Å². The van der Waals surface area contributed by atoms with Gasteiger partial charge in [0, 0.05) is 24.7 Å². The van der Waals surface area contributed by atoms with Crippen LogP contribution in [-0.4, -0.2) is 56.2 Å². The van der Waals surface area contributed by atoms with Crippen molar-refractivity contribution in [3.05, 3.63) is 185 Å². The molecule has 0 unspecified atom stereocenters. The molecule has 55 heavy (non-hydrogen) atoms. The van der Waals surface area contributed by atoms with Crippen LogP contribution in [0.25, 0.3) is 5.76 Å². The lowest BCUT2D eigenvalue weighted by atomic mass is 9.97. The lowest BCUT2D eigenvalue weighted by Crippen LogP contribution is -2.61. The lowest BCUT2D eigenvalue weighted by molar-refractivity contribution is -0.315. The van der Waals surface area contributed by atoms with Crippen LogP contribution >= 0.6 is 0 Å². The van der Waals surface area contributed by atoms with Gasteiger partial charge in [-0.15, -0.1) is 0 Å². The van der Waals surface area contributed by atoms with Crippen molar-refractivity contribution in [2.75, 3.05) is 19.7 Å². The van der Waals surface area contributed by atoms with Gasteiger partial charge >= 0.3 is 0 Å². The van der Waals surface area contributed by atoms with Crippen LogP contribution in [0.5, 0.6) is 0 Å². The molecule has 0 radical (unpaired) electrons. The second-order valence-corrected chi connectivity index (χ2v) is 13.9. The van der Waals surface area contributed by atoms with Crippen molar-refractivity contribution in [2.45, 2.75) is 70.5 Å². The van der Waals surface area contributed by atoms with Crippen LogP contribution in [0.15, 0.2) is 157 Å². The zero-order valence-corrected chi connectivity index (χ0v) is 31.4. The molecule has 5 aromatic carbocycles. The normalized spacial score (nSPS) is 21.4. The molecule has 2 heterocycles. The van der Waals surface area contributed by atoms with E-state index in [4.69, 9.17) is 33.4 Å². The summed E-state index contributed by atoms with van der Waals surface area (Å²) in [6.45, 7) is 5.33. The van der Waals surface area contributed by atoms with E-state index in [1.165, 1.54) is 0 Å². The van der Waals surface area contributed by atoms with Crippen LogP contribution < -0.4 is 5.32 Å². The van der Waals surface area contributed by atoms with Crippen LogP contribution in [0.3, 0.4) is 0 Å². The predicted octanol–water partition coefficient (Wildman–Crippen LogP) is 8.44. The Morgan fingerprint density at radius 3 is 1.67 bits per heavy atom. The summed E-state index contributed by atoms with van der Waals surface area (Å²) in [5, 5.41) is 3.42. The maximum absolute atomic E-state index is 7.01. The monoisotopic (exact) mass is 738 g/mol. The molecule has 1 saturated heterocycles. The number of aliphatic imine (C=N–C) groups is 1. The number of nitrogens with zero attached hydrogens (tertiary/aromatic N) is 1. The third kappa shape index (κ3) is 11.2. The van der Waals surface area contributed by atoms with Crippen molar-refractivity contribution >= 4 is 11.6 Å². The van der Waals surface area contributed by atoms with E-state index in [1.54, 1.807) is 0 Å². The number of nitrogens with one attached hydrogen (secondary N) is 1. The van der Waals surface area contributed by atoms with E-state index in [2.05, 4.69) is 72.9 Å². The van der Waals surface area contributed by atoms with E-state index in [0.717, 1.165) is 58.7 Å². The highest BCUT2D eigenvalue weighted by atomic mass is 16.7. The molecular formula is C47H50N2O6. The first-order valence-corrected chi connectivity index (χ1v) is 19.2. The molecule has 5 aromatic rings. The third-order valence-electron chi connectivity index (χ3n) is 9.61. The highest BCUT2D eigenvalue weighted by molar-refractivity contribution is 5.98. The summed E-state index contributed by atoms with van der Waals surface area (Å²) in [6.07, 6.45) is -0.417. The molecule has 284 valence electrons. The molecule has 8 nitrogen and oxygen atoms in total. The van der Waals surface area contributed by atoms with Gasteiger partial charge in [0.15, 0.2) is 0 Å². The molecule has 7 rings (SSSR count). The summed E-state index contributed by atoms with van der Waals surface area (Å²) in [5.74, 6) is 1.38. The minimum atomic E-state index is -0.900. The Kier molecular flexibility index (Phi) is 13.9. The van der Waals surface area contributed by atoms with Gasteiger partial charge in [-0.2, -0.15) is 0 Å². The summed E-state index contributed by atoms with van der Waals surface area (Å²) in [6, 6.07) is 48.8. The summed E-state index contributed by atoms with van der Waals surface area (Å²) < 4.78 is 41.0. The van der Waals surface area contributed by atoms with Crippen molar-refractivity contribution < 1.29 is 28.4 Å². The molecule has 0 aliphatic carbocycles. The van der Waals surface area contributed by atoms with E-state index < -0.39 is 30.7 Å². The van der Waals surface area contributed by atoms with Crippen LogP contribution in [0.1, 0.15) is 39.8 Å². The Labute approximate surface area is 324 Å². The van der Waals surface area contributed by atoms with Crippen molar-refractivity contribution in [2.24, 2.45) is 4.99 Å². The topological polar surface area (TPSA) is 79.8 Å². The van der Waals surface area contributed by atoms with E-state index in [9.17, 15) is 0 Å². The van der Waals surface area contributed by atoms with E-state index in [1.807, 2.05) is 91.0 Å². The maximum Gasteiger partial charge on any atom is 0.229 e. The highest BCUT2D eigenvalue weighted by Gasteiger charge is 2.50. The lowest BCUT2D eigenvalue weighted by Gasteiger charge is -2.46. The Balaban J connectivity index is 1.26. The Hall–Kier alpha value is -5.09. The van der Waals surface area contributed by atoms with Gasteiger partial charge in [-0.25, -0.2) is 0 Å². The summed E-state index contributed by atoms with van der Waals surface area (Å²) in [7, 11) is 0. The van der Waals surface area contributed by atoms with Gasteiger partial charge in [0.2, 0.25) is 6.29 Å². The Bertz CT molecular complexity index is 1920. The molecule has 2 aliphatic rings. The van der Waals surface area contributed by atoms with Crippen LogP contribution in [0.2, 0.25) is 0 Å². The molecule has 1 fully saturated rings. The quantitative estimate of drug-likeness (QED) is 0.0960. The van der Waals surface area contributed by atoms with Crippen LogP contribution in [0.4, 0.5) is 0 Å². The fourth-order valence-corrected chi connectivity index (χ4v) is 6.64. The summed E-state index contributed by atoms with van der Waals surface area (Å²) in [5.41, 5.74) is 6.21. The average molecular weight is 739 g/mol. The van der Waals surface area contributed by atoms with Crippen LogP contribution in [0, 0.1) is 6.92 Å². The maximum atomic E-state index is 7.01. The number of ether oxygens (including phenoxy) is 6. The predicted molar refractivity (Wildman–Crippen MR) is 215 cm³/mol. The zero-order chi connectivity index (χ0) is 37.5. The third-order valence-corrected chi connectivity index (χ3v) is 9.61. The van der Waals surface area contributed by atoms with Gasteiger partial charge in [-0.1, -0.05) is 151 Å². The largest absolute Gasteiger partial charge is 0.461 e. The molecule has 0 aromatic heterocycles. The van der Waals surface area contributed by atoms with E-state index in [0.29, 0.717) is 32.2 Å². The van der Waals surface area contributed by atoms with Gasteiger partial charge in [-0.05, 0) is 35.6 Å². The molecule has 5 atom stereocenters. The van der Waals surface area contributed by atoms with Crippen molar-refractivity contribution in [3.63, 3.8) is 0 Å². The number of rotatable bonds is 17. The minimum absolute atomic E-state index is 0.239. The first-order valence-electron chi connectivity index (χ1n) is 19.2. The summed E-state index contributed by atoms with van der Waals surface area (Å²) >= 11 is 0. The van der Waals surface area contributed by atoms with Gasteiger partial charge in [0.25, 0.3) is 0 Å². The van der Waals surface area contributed by atoms with Gasteiger partial charge in [-0.3, -0.25) is 4.99 Å². The molecule has 0 bridgehead atoms. The number of amidine groups is 1. The highest BCUT2D eigenvalue weighted by Crippen LogP contribution is 2.34. The van der Waals surface area contributed by atoms with Crippen molar-refractivity contribution in [1.29, 1.82) is 0 Å². The second-order valence-electron chi connectivity index (χ2n) is 13.9. The van der Waals surface area contributed by atoms with Crippen molar-refractivity contribution in [3.8, 4) is 0 Å². The average Bonchev–Trinajstić information content (AvgIpc) is 3.24. The zero-order valence-electron chi connectivity index (χ0n) is 31.4. The minimum Gasteiger partial charge on any atom is -0.461 e. The Morgan fingerprint density at radius 1 is 0.636 bits per heavy atom. The van der Waals surface area contributed by atoms with Crippen LogP contribution in [-0.2, 0) is 54.8 Å². The van der Waals surface area contributed by atoms with Gasteiger partial charge in [0.1, 0.15) is 36.0 Å². The molecule has 8 heteroatoms. The first kappa shape index (κ1) is 38.2. The number of benzene rings is 5. The number of aryl methyl sites for hydroxylation is 1. The summed E-state index contributed by atoms with van der Waals surface area (Å²) in [4.78, 5) is 4.74. The molecular weight excluding hydrogens is 689 g/mol. The molecule has 2 aliphatic heterocycles. The smallest absolute Gasteiger partial charge is 0.229 e. The number of hydrogen-bond acceptors (Lipinski definition) is 8. The Morgan fingerprint density at radius 2 is 1.15 bits per heavy atom. The second kappa shape index (κ2) is 20.0. The SMILES string of the molecule is Cc1ccc(/C(=C\C2=NCCCN2)O[C@H]2O[C@H](COCc3ccccc3)[C@@H](OCc3ccccc3)[C@H](OCc3ccccc3)[C@H]2OCc2ccccc2)cc1. The fourth-order valence-electron chi connectivity index (χ4n) is 6.64.